The maximum atomic E-state index is 13.5. The second-order valence-electron chi connectivity index (χ2n) is 5.08. The van der Waals surface area contributed by atoms with Crippen LogP contribution in [0.2, 0.25) is 5.02 Å². The molecule has 2 aromatic rings. The minimum Gasteiger partial charge on any atom is -0.397 e. The van der Waals surface area contributed by atoms with Gasteiger partial charge in [-0.15, -0.1) is 0 Å². The summed E-state index contributed by atoms with van der Waals surface area (Å²) in [6.07, 6.45) is 1.74. The van der Waals surface area contributed by atoms with Gasteiger partial charge < -0.3 is 16.8 Å². The van der Waals surface area contributed by atoms with Gasteiger partial charge in [-0.25, -0.2) is 14.4 Å². The van der Waals surface area contributed by atoms with Gasteiger partial charge in [0, 0.05) is 5.56 Å². The van der Waals surface area contributed by atoms with Crippen LogP contribution in [-0.2, 0) is 0 Å². The Labute approximate surface area is 146 Å². The Morgan fingerprint density at radius 2 is 2.08 bits per heavy atom. The molecule has 25 heavy (non-hydrogen) atoms. The molecule has 2 heterocycles. The molecule has 6 N–H and O–H groups in total. The van der Waals surface area contributed by atoms with E-state index in [1.807, 2.05) is 6.07 Å². The van der Waals surface area contributed by atoms with Gasteiger partial charge in [-0.1, -0.05) is 17.7 Å². The number of halogens is 2. The van der Waals surface area contributed by atoms with E-state index in [-0.39, 0.29) is 33.9 Å². The molecular weight excluding hydrogens is 347 g/mol. The Kier molecular flexibility index (Phi) is 4.01. The van der Waals surface area contributed by atoms with E-state index >= 15 is 0 Å². The van der Waals surface area contributed by atoms with Crippen molar-refractivity contribution in [2.45, 2.75) is 6.04 Å². The quantitative estimate of drug-likeness (QED) is 0.450. The fourth-order valence-corrected chi connectivity index (χ4v) is 2.69. The summed E-state index contributed by atoms with van der Waals surface area (Å²) in [6.45, 7) is 0. The number of hydrogen-bond donors (Lipinski definition) is 4. The van der Waals surface area contributed by atoms with Crippen LogP contribution in [-0.4, -0.2) is 10.9 Å². The van der Waals surface area contributed by atoms with Crippen LogP contribution in [0.5, 0.6) is 0 Å². The van der Waals surface area contributed by atoms with Crippen LogP contribution in [0, 0.1) is 28.6 Å². The number of nitrogens with zero attached hydrogens (tertiary/aromatic N) is 4. The molecule has 0 fully saturated rings. The van der Waals surface area contributed by atoms with Gasteiger partial charge in [-0.3, -0.25) is 5.32 Å². The van der Waals surface area contributed by atoms with Crippen LogP contribution in [0.1, 0.15) is 22.7 Å². The fraction of sp³-hybridized carbons (Fsp3) is 0.0667. The van der Waals surface area contributed by atoms with Gasteiger partial charge in [0.2, 0.25) is 5.96 Å². The summed E-state index contributed by atoms with van der Waals surface area (Å²) in [5.41, 5.74) is 12.9. The largest absolute Gasteiger partial charge is 0.397 e. The molecule has 0 radical (unpaired) electrons. The summed E-state index contributed by atoms with van der Waals surface area (Å²) >= 11 is 5.85. The van der Waals surface area contributed by atoms with Gasteiger partial charge in [0.25, 0.3) is 0 Å². The molecule has 0 bridgehead atoms. The van der Waals surface area contributed by atoms with Crippen LogP contribution < -0.4 is 22.1 Å². The summed E-state index contributed by atoms with van der Waals surface area (Å²) < 4.78 is 13.5. The Morgan fingerprint density at radius 3 is 2.72 bits per heavy atom. The molecule has 0 spiro atoms. The van der Waals surface area contributed by atoms with E-state index in [4.69, 9.17) is 28.3 Å². The van der Waals surface area contributed by atoms with E-state index in [1.54, 1.807) is 6.19 Å². The highest BCUT2D eigenvalue weighted by Gasteiger charge is 2.29. The highest BCUT2D eigenvalue weighted by atomic mass is 35.5. The number of nitrogens with two attached hydrogens (primary N) is 2. The van der Waals surface area contributed by atoms with Crippen LogP contribution in [0.3, 0.4) is 0 Å². The van der Waals surface area contributed by atoms with Gasteiger partial charge in [0.05, 0.1) is 10.7 Å². The molecule has 0 saturated carbocycles. The number of guanidine groups is 1. The number of hydrogen-bond acceptors (Lipinski definition) is 8. The predicted molar refractivity (Wildman–Crippen MR) is 90.8 cm³/mol. The molecule has 0 saturated heterocycles. The first-order chi connectivity index (χ1) is 12.0. The summed E-state index contributed by atoms with van der Waals surface area (Å²) in [5, 5.41) is 23.1. The lowest BCUT2D eigenvalue weighted by Crippen LogP contribution is -2.32. The SMILES string of the molecule is N#CNC1=NC(c2ccc(F)c(Cl)c2)c2c(nc(N)c(C#N)c2N)N1. The molecule has 1 aliphatic heterocycles. The van der Waals surface area contributed by atoms with Crippen molar-refractivity contribution in [1.82, 2.24) is 10.3 Å². The molecule has 3 rings (SSSR count). The van der Waals surface area contributed by atoms with Crippen LogP contribution in [0.15, 0.2) is 23.2 Å². The summed E-state index contributed by atoms with van der Waals surface area (Å²) in [5.74, 6) is -0.288. The van der Waals surface area contributed by atoms with Gasteiger partial charge in [0.1, 0.15) is 35.1 Å². The van der Waals surface area contributed by atoms with Crippen molar-refractivity contribution >= 4 is 34.9 Å². The van der Waals surface area contributed by atoms with Crippen LogP contribution >= 0.6 is 11.6 Å². The molecular formula is C15H10ClFN8. The third kappa shape index (κ3) is 2.73. The van der Waals surface area contributed by atoms with Gasteiger partial charge in [0.15, 0.2) is 6.19 Å². The van der Waals surface area contributed by atoms with Gasteiger partial charge in [-0.2, -0.15) is 10.5 Å². The van der Waals surface area contributed by atoms with E-state index in [0.717, 1.165) is 0 Å². The molecule has 1 aliphatic rings. The predicted octanol–water partition coefficient (Wildman–Crippen LogP) is 1.85. The molecule has 124 valence electrons. The molecule has 1 aromatic carbocycles. The summed E-state index contributed by atoms with van der Waals surface area (Å²) in [6, 6.07) is 5.21. The number of nitriles is 2. The Hall–Kier alpha value is -3.56. The zero-order chi connectivity index (χ0) is 18.1. The van der Waals surface area contributed by atoms with E-state index in [9.17, 15) is 9.65 Å². The molecule has 0 amide bonds. The smallest absolute Gasteiger partial charge is 0.211 e. The first-order valence-electron chi connectivity index (χ1n) is 6.90. The van der Waals surface area contributed by atoms with Crippen molar-refractivity contribution in [3.05, 3.63) is 45.7 Å². The maximum absolute atomic E-state index is 13.5. The lowest BCUT2D eigenvalue weighted by atomic mass is 9.95. The zero-order valence-corrected chi connectivity index (χ0v) is 13.3. The molecule has 1 atom stereocenters. The zero-order valence-electron chi connectivity index (χ0n) is 12.5. The van der Waals surface area contributed by atoms with Crippen molar-refractivity contribution < 1.29 is 4.39 Å². The van der Waals surface area contributed by atoms with Crippen LogP contribution in [0.25, 0.3) is 0 Å². The first-order valence-corrected chi connectivity index (χ1v) is 7.27. The van der Waals surface area contributed by atoms with E-state index < -0.39 is 11.9 Å². The monoisotopic (exact) mass is 356 g/mol. The number of fused-ring (bicyclic) bond motifs is 1. The average Bonchev–Trinajstić information content (AvgIpc) is 2.57. The second-order valence-corrected chi connectivity index (χ2v) is 5.48. The van der Waals surface area contributed by atoms with E-state index in [1.165, 1.54) is 18.2 Å². The van der Waals surface area contributed by atoms with Gasteiger partial charge >= 0.3 is 0 Å². The molecule has 1 unspecified atom stereocenters. The number of aromatic nitrogens is 1. The first kappa shape index (κ1) is 16.3. The normalized spacial score (nSPS) is 15.2. The second kappa shape index (κ2) is 6.15. The Bertz CT molecular complexity index is 988. The number of rotatable bonds is 1. The number of nitrogen functional groups attached to an aromatic ring is 2. The van der Waals surface area contributed by atoms with Crippen molar-refractivity contribution in [2.24, 2.45) is 4.99 Å². The lowest BCUT2D eigenvalue weighted by molar-refractivity contribution is 0.627. The topological polar surface area (TPSA) is 149 Å². The van der Waals surface area contributed by atoms with E-state index in [0.29, 0.717) is 11.1 Å². The minimum absolute atomic E-state index is 0.0191. The van der Waals surface area contributed by atoms with Gasteiger partial charge in [-0.05, 0) is 17.7 Å². The standard InChI is InChI=1S/C15H10ClFN8/c16-8-3-6(1-2-9(8)17)12-10-11(20)7(4-18)13(21)24-14(10)25-15(23-12)22-5-19/h1-3,12H,(H6,20,21,22,23,24,25). The Morgan fingerprint density at radius 1 is 1.32 bits per heavy atom. The number of benzene rings is 1. The van der Waals surface area contributed by atoms with Crippen molar-refractivity contribution in [3.63, 3.8) is 0 Å². The fourth-order valence-electron chi connectivity index (χ4n) is 2.50. The molecule has 1 aromatic heterocycles. The highest BCUT2D eigenvalue weighted by Crippen LogP contribution is 2.41. The minimum atomic E-state index is -0.759. The number of anilines is 3. The van der Waals surface area contributed by atoms with Crippen molar-refractivity contribution in [1.29, 1.82) is 10.5 Å². The number of nitrogens with one attached hydrogen (secondary N) is 2. The maximum Gasteiger partial charge on any atom is 0.211 e. The average molecular weight is 357 g/mol. The van der Waals surface area contributed by atoms with Crippen molar-refractivity contribution in [2.75, 3.05) is 16.8 Å². The third-order valence-corrected chi connectivity index (χ3v) is 3.91. The summed E-state index contributed by atoms with van der Waals surface area (Å²) in [7, 11) is 0. The highest BCUT2D eigenvalue weighted by molar-refractivity contribution is 6.30. The van der Waals surface area contributed by atoms with E-state index in [2.05, 4.69) is 20.6 Å². The molecule has 8 nitrogen and oxygen atoms in total. The Balaban J connectivity index is 2.25. The molecule has 0 aliphatic carbocycles. The lowest BCUT2D eigenvalue weighted by Gasteiger charge is -2.26. The molecule has 10 heteroatoms. The van der Waals surface area contributed by atoms with Crippen LogP contribution in [0.4, 0.5) is 21.7 Å². The number of pyridine rings is 1. The van der Waals surface area contributed by atoms with Crippen molar-refractivity contribution in [3.8, 4) is 12.3 Å². The third-order valence-electron chi connectivity index (χ3n) is 3.62. The number of aliphatic imine (C=N–C) groups is 1. The summed E-state index contributed by atoms with van der Waals surface area (Å²) in [4.78, 5) is 8.46.